The standard InChI is InChI=1S/C31H31N5O3.C28H24F3N5O3S/c1-30(2,3)39-29(38)35-15-11-31(12-16-35)24-10-14-33-19-26(24)36(28(31)37)20-25-27(22-8-6-13-32-17-22)23-9-5-4-7-21(23)18-34-25;29-28(30,31)18-40(38,39)35-12-8-27(9-13-35)22-7-11-33-16-24(22)36(26(27)37)17-23-25(20-5-3-10-32-14-20)21-6-2-1-4-19(21)15-34-23/h4-10,13-14,17-19H,11-12,15-16,20H2,1-3H3;1-7,10-11,14-16H,8-9,12-13,17-18H2. The molecule has 4 aliphatic heterocycles. The maximum atomic E-state index is 14.3. The van der Waals surface area contributed by atoms with Crippen molar-refractivity contribution in [2.24, 2.45) is 0 Å². The first-order valence-electron chi connectivity index (χ1n) is 26.0. The zero-order valence-corrected chi connectivity index (χ0v) is 44.4. The maximum absolute atomic E-state index is 14.3. The zero-order chi connectivity index (χ0) is 55.3. The molecule has 0 radical (unpaired) electrons. The number of sulfonamides is 1. The molecule has 8 aromatic rings. The lowest BCUT2D eigenvalue weighted by Crippen LogP contribution is -2.51. The fourth-order valence-electron chi connectivity index (χ4n) is 11.7. The number of benzene rings is 2. The molecule has 10 heterocycles. The zero-order valence-electron chi connectivity index (χ0n) is 43.6. The van der Waals surface area contributed by atoms with E-state index in [1.54, 1.807) is 65.4 Å². The summed E-state index contributed by atoms with van der Waals surface area (Å²) in [5, 5.41) is 3.98. The van der Waals surface area contributed by atoms with Crippen LogP contribution in [0.2, 0.25) is 0 Å². The largest absolute Gasteiger partial charge is 0.444 e. The molecule has 0 N–H and O–H groups in total. The third kappa shape index (κ3) is 10.0. The molecular weight excluding hydrogens is 1030 g/mol. The van der Waals surface area contributed by atoms with Crippen LogP contribution in [0.5, 0.6) is 0 Å². The second kappa shape index (κ2) is 20.5. The number of rotatable bonds is 8. The van der Waals surface area contributed by atoms with Crippen LogP contribution >= 0.6 is 0 Å². The predicted molar refractivity (Wildman–Crippen MR) is 292 cm³/mol. The number of fused-ring (bicyclic) bond motifs is 6. The van der Waals surface area contributed by atoms with E-state index in [1.807, 2.05) is 111 Å². The van der Waals surface area contributed by atoms with Crippen LogP contribution in [0.25, 0.3) is 43.8 Å². The van der Waals surface area contributed by atoms with E-state index in [1.165, 1.54) is 0 Å². The summed E-state index contributed by atoms with van der Waals surface area (Å²) >= 11 is 0. The van der Waals surface area contributed by atoms with E-state index in [0.717, 1.165) is 65.0 Å². The summed E-state index contributed by atoms with van der Waals surface area (Å²) in [5.41, 5.74) is 5.79. The van der Waals surface area contributed by atoms with Gasteiger partial charge < -0.3 is 19.4 Å². The molecule has 2 fully saturated rings. The van der Waals surface area contributed by atoms with Crippen molar-refractivity contribution in [2.75, 3.05) is 41.7 Å². The number of carbonyl (C=O) groups excluding carboxylic acids is 3. The van der Waals surface area contributed by atoms with Crippen LogP contribution in [0, 0.1) is 0 Å². The Morgan fingerprint density at radius 2 is 1.03 bits per heavy atom. The molecule has 0 atom stereocenters. The van der Waals surface area contributed by atoms with Crippen molar-refractivity contribution < 1.29 is 40.7 Å². The van der Waals surface area contributed by atoms with Gasteiger partial charge in [-0.15, -0.1) is 0 Å². The van der Waals surface area contributed by atoms with Gasteiger partial charge in [0.1, 0.15) is 5.60 Å². The lowest BCUT2D eigenvalue weighted by molar-refractivity contribution is -0.125. The summed E-state index contributed by atoms with van der Waals surface area (Å²) in [5.74, 6) is -2.13. The van der Waals surface area contributed by atoms with Crippen molar-refractivity contribution in [2.45, 2.75) is 82.2 Å². The molecule has 12 rings (SSSR count). The van der Waals surface area contributed by atoms with Crippen LogP contribution in [0.3, 0.4) is 0 Å². The summed E-state index contributed by atoms with van der Waals surface area (Å²) in [6, 6.07) is 27.3. The number of hydrogen-bond donors (Lipinski definition) is 0. The van der Waals surface area contributed by atoms with Gasteiger partial charge in [0.05, 0.1) is 59.1 Å². The third-order valence-corrected chi connectivity index (χ3v) is 17.2. The van der Waals surface area contributed by atoms with Crippen LogP contribution < -0.4 is 9.80 Å². The van der Waals surface area contributed by atoms with Crippen molar-refractivity contribution in [3.63, 3.8) is 0 Å². The van der Waals surface area contributed by atoms with Gasteiger partial charge in [0, 0.05) is 109 Å². The number of pyridine rings is 6. The average molecular weight is 1090 g/mol. The van der Waals surface area contributed by atoms with Gasteiger partial charge in [-0.05, 0) is 92.6 Å². The Morgan fingerprint density at radius 1 is 0.582 bits per heavy atom. The SMILES string of the molecule is CC(C)(C)OC(=O)N1CCC2(CC1)C(=O)N(Cc1ncc3ccccc3c1-c1cccnc1)c1cnccc12.O=C1N(Cc2ncc3ccccc3c2-c2cccnc2)c2cnccc2C12CCN(S(=O)(=O)CC(F)(F)F)CC2. The van der Waals surface area contributed by atoms with Gasteiger partial charge in [-0.1, -0.05) is 60.7 Å². The smallest absolute Gasteiger partial charge is 0.410 e. The normalized spacial score (nSPS) is 17.0. The molecule has 0 unspecified atom stereocenters. The lowest BCUT2D eigenvalue weighted by Gasteiger charge is -2.38. The number of anilines is 2. The summed E-state index contributed by atoms with van der Waals surface area (Å²) in [4.78, 5) is 73.1. The van der Waals surface area contributed by atoms with Crippen molar-refractivity contribution in [3.8, 4) is 22.3 Å². The number of nitrogens with zero attached hydrogens (tertiary/aromatic N) is 10. The predicted octanol–water partition coefficient (Wildman–Crippen LogP) is 9.97. The molecule has 0 aliphatic carbocycles. The van der Waals surface area contributed by atoms with E-state index in [4.69, 9.17) is 14.7 Å². The molecule has 2 saturated heterocycles. The first-order valence-corrected chi connectivity index (χ1v) is 27.6. The van der Waals surface area contributed by atoms with Crippen LogP contribution in [0.4, 0.5) is 29.3 Å². The topological polar surface area (TPSA) is 185 Å². The van der Waals surface area contributed by atoms with Gasteiger partial charge in [0.25, 0.3) is 0 Å². The Kier molecular flexibility index (Phi) is 13.7. The molecule has 20 heteroatoms. The number of piperidine rings is 2. The minimum atomic E-state index is -4.84. The minimum Gasteiger partial charge on any atom is -0.444 e. The highest BCUT2D eigenvalue weighted by atomic mass is 32.2. The first kappa shape index (κ1) is 52.8. The second-order valence-corrected chi connectivity index (χ2v) is 23.3. The van der Waals surface area contributed by atoms with Crippen molar-refractivity contribution in [1.82, 2.24) is 39.1 Å². The van der Waals surface area contributed by atoms with Crippen LogP contribution in [0.1, 0.15) is 69.0 Å². The molecule has 4 aliphatic rings. The molecule has 2 spiro atoms. The number of halogens is 3. The number of hydrogen-bond acceptors (Lipinski definition) is 12. The molecule has 0 saturated carbocycles. The Morgan fingerprint density at radius 3 is 1.46 bits per heavy atom. The van der Waals surface area contributed by atoms with Crippen molar-refractivity contribution >= 4 is 60.9 Å². The molecule has 3 amide bonds. The van der Waals surface area contributed by atoms with Gasteiger partial charge in [-0.2, -0.15) is 13.2 Å². The van der Waals surface area contributed by atoms with Gasteiger partial charge in [0.15, 0.2) is 5.75 Å². The van der Waals surface area contributed by atoms with E-state index in [0.29, 0.717) is 49.4 Å². The highest BCUT2D eigenvalue weighted by molar-refractivity contribution is 7.89. The fourth-order valence-corrected chi connectivity index (χ4v) is 13.0. The average Bonchev–Trinajstić information content (AvgIpc) is 4.08. The Bertz CT molecular complexity index is 3760. The highest BCUT2D eigenvalue weighted by Crippen LogP contribution is 2.51. The highest BCUT2D eigenvalue weighted by Gasteiger charge is 2.55. The third-order valence-electron chi connectivity index (χ3n) is 15.4. The second-order valence-electron chi connectivity index (χ2n) is 21.3. The lowest BCUT2D eigenvalue weighted by atomic mass is 9.74. The van der Waals surface area contributed by atoms with Crippen LogP contribution in [-0.2, 0) is 48.3 Å². The number of alkyl halides is 3. The summed E-state index contributed by atoms with van der Waals surface area (Å²) < 4.78 is 69.9. The monoisotopic (exact) mass is 1090 g/mol. The van der Waals surface area contributed by atoms with Gasteiger partial charge in [-0.25, -0.2) is 17.5 Å². The van der Waals surface area contributed by atoms with E-state index in [-0.39, 0.29) is 50.4 Å². The number of aromatic nitrogens is 6. The number of carbonyl (C=O) groups is 3. The number of likely N-dealkylation sites (tertiary alicyclic amines) is 1. The van der Waals surface area contributed by atoms with Gasteiger partial charge >= 0.3 is 12.3 Å². The van der Waals surface area contributed by atoms with Crippen LogP contribution in [-0.4, -0.2) is 109 Å². The molecule has 0 bridgehead atoms. The molecular formula is C59H55F3N10O6S. The van der Waals surface area contributed by atoms with Gasteiger partial charge in [0.2, 0.25) is 21.8 Å². The summed E-state index contributed by atoms with van der Waals surface area (Å²) in [6.07, 6.45) is 13.3. The first-order chi connectivity index (χ1) is 37.9. The maximum Gasteiger partial charge on any atom is 0.410 e. The van der Waals surface area contributed by atoms with Crippen molar-refractivity contribution in [1.29, 1.82) is 0 Å². The molecule has 404 valence electrons. The Hall–Kier alpha value is -8.23. The van der Waals surface area contributed by atoms with E-state index < -0.39 is 38.4 Å². The Labute approximate surface area is 454 Å². The molecule has 16 nitrogen and oxygen atoms in total. The van der Waals surface area contributed by atoms with E-state index in [2.05, 4.69) is 26.0 Å². The summed E-state index contributed by atoms with van der Waals surface area (Å²) in [7, 11) is -4.55. The molecule has 79 heavy (non-hydrogen) atoms. The van der Waals surface area contributed by atoms with Gasteiger partial charge in [-0.3, -0.25) is 39.5 Å². The number of ether oxygens (including phenoxy) is 1. The van der Waals surface area contributed by atoms with E-state index in [9.17, 15) is 36.0 Å². The summed E-state index contributed by atoms with van der Waals surface area (Å²) in [6.45, 7) is 6.55. The quantitative estimate of drug-likeness (QED) is 0.141. The van der Waals surface area contributed by atoms with Crippen molar-refractivity contribution in [3.05, 3.63) is 169 Å². The van der Waals surface area contributed by atoms with Crippen LogP contribution in [0.15, 0.2) is 147 Å². The molecule has 6 aromatic heterocycles. The Balaban J connectivity index is 0.000000167. The minimum absolute atomic E-state index is 0.0291. The fraction of sp³-hybridized carbons (Fsp3) is 0.305. The molecule has 2 aromatic carbocycles. The number of amides is 3. The van der Waals surface area contributed by atoms with E-state index >= 15 is 0 Å².